The Kier molecular flexibility index (Phi) is 9.53. The lowest BCUT2D eigenvalue weighted by Gasteiger charge is -2.29. The summed E-state index contributed by atoms with van der Waals surface area (Å²) < 4.78 is 0. The van der Waals surface area contributed by atoms with Crippen LogP contribution in [0.25, 0.3) is 0 Å². The predicted molar refractivity (Wildman–Crippen MR) is 127 cm³/mol. The van der Waals surface area contributed by atoms with Gasteiger partial charge in [-0.2, -0.15) is 0 Å². The second-order valence-electron chi connectivity index (χ2n) is 7.58. The summed E-state index contributed by atoms with van der Waals surface area (Å²) in [6.45, 7) is 7.98. The molecule has 2 aromatic carbocycles. The van der Waals surface area contributed by atoms with Gasteiger partial charge in [-0.3, -0.25) is 9.59 Å². The molecule has 4 nitrogen and oxygen atoms in total. The zero-order chi connectivity index (χ0) is 22.3. The van der Waals surface area contributed by atoms with Crippen molar-refractivity contribution >= 4 is 46.8 Å². The van der Waals surface area contributed by atoms with Crippen molar-refractivity contribution in [3.8, 4) is 0 Å². The van der Waals surface area contributed by atoms with Gasteiger partial charge in [0.2, 0.25) is 11.8 Å². The molecule has 0 spiro atoms. The summed E-state index contributed by atoms with van der Waals surface area (Å²) in [5, 5.41) is 4.07. The third kappa shape index (κ3) is 7.53. The van der Waals surface area contributed by atoms with Crippen molar-refractivity contribution in [2.75, 3.05) is 5.75 Å². The maximum absolute atomic E-state index is 13.1. The molecule has 0 fully saturated rings. The summed E-state index contributed by atoms with van der Waals surface area (Å²) in [5.41, 5.74) is 3.04. The lowest BCUT2D eigenvalue weighted by Crippen LogP contribution is -2.49. The largest absolute Gasteiger partial charge is 0.352 e. The molecular weight excluding hydrogens is 439 g/mol. The summed E-state index contributed by atoms with van der Waals surface area (Å²) in [5.74, 6) is 0.603. The molecule has 0 aliphatic rings. The molecule has 0 aliphatic heterocycles. The van der Waals surface area contributed by atoms with Gasteiger partial charge in [-0.05, 0) is 51.0 Å². The van der Waals surface area contributed by atoms with E-state index in [2.05, 4.69) is 5.32 Å². The van der Waals surface area contributed by atoms with Crippen LogP contribution in [0.1, 0.15) is 37.5 Å². The quantitative estimate of drug-likeness (QED) is 0.532. The summed E-state index contributed by atoms with van der Waals surface area (Å²) in [6, 6.07) is 12.8. The monoisotopic (exact) mass is 466 g/mol. The van der Waals surface area contributed by atoms with Gasteiger partial charge < -0.3 is 10.2 Å². The van der Waals surface area contributed by atoms with Crippen molar-refractivity contribution < 1.29 is 9.59 Å². The van der Waals surface area contributed by atoms with Crippen LogP contribution in [0, 0.1) is 6.92 Å². The molecule has 0 aromatic heterocycles. The van der Waals surface area contributed by atoms with Crippen molar-refractivity contribution in [2.24, 2.45) is 0 Å². The van der Waals surface area contributed by atoms with E-state index in [0.29, 0.717) is 22.3 Å². The van der Waals surface area contributed by atoms with Crippen LogP contribution in [0.4, 0.5) is 0 Å². The molecule has 0 heterocycles. The van der Waals surface area contributed by atoms with E-state index in [9.17, 15) is 9.59 Å². The van der Waals surface area contributed by atoms with Gasteiger partial charge in [0.15, 0.2) is 0 Å². The molecule has 0 aliphatic carbocycles. The van der Waals surface area contributed by atoms with Gasteiger partial charge in [0, 0.05) is 28.4 Å². The van der Waals surface area contributed by atoms with E-state index < -0.39 is 6.04 Å². The van der Waals surface area contributed by atoms with Gasteiger partial charge in [-0.25, -0.2) is 0 Å². The number of nitrogens with zero attached hydrogens (tertiary/aromatic N) is 1. The van der Waals surface area contributed by atoms with E-state index in [1.54, 1.807) is 24.0 Å². The second-order valence-corrected chi connectivity index (χ2v) is 9.41. The highest BCUT2D eigenvalue weighted by molar-refractivity contribution is 7.99. The SMILES string of the molecule is Cc1cccc(CN(C(=O)CSCc2ccc(Cl)cc2Cl)[C@@H](C)C(=O)NC(C)C)c1. The summed E-state index contributed by atoms with van der Waals surface area (Å²) in [6.07, 6.45) is 0. The highest BCUT2D eigenvalue weighted by Crippen LogP contribution is 2.25. The number of benzene rings is 2. The first-order valence-electron chi connectivity index (χ1n) is 9.84. The first-order chi connectivity index (χ1) is 14.2. The molecule has 0 bridgehead atoms. The summed E-state index contributed by atoms with van der Waals surface area (Å²) in [4.78, 5) is 27.3. The Balaban J connectivity index is 2.09. The molecule has 7 heteroatoms. The number of hydrogen-bond acceptors (Lipinski definition) is 3. The molecule has 162 valence electrons. The van der Waals surface area contributed by atoms with Crippen LogP contribution in [0.15, 0.2) is 42.5 Å². The topological polar surface area (TPSA) is 49.4 Å². The van der Waals surface area contributed by atoms with Crippen LogP contribution in [0.5, 0.6) is 0 Å². The number of carbonyl (C=O) groups excluding carboxylic acids is 2. The van der Waals surface area contributed by atoms with Gasteiger partial charge in [-0.1, -0.05) is 59.1 Å². The Morgan fingerprint density at radius 1 is 1.10 bits per heavy atom. The van der Waals surface area contributed by atoms with Crippen LogP contribution >= 0.6 is 35.0 Å². The Morgan fingerprint density at radius 2 is 1.83 bits per heavy atom. The zero-order valence-corrected chi connectivity index (χ0v) is 20.1. The maximum Gasteiger partial charge on any atom is 0.242 e. The molecule has 0 saturated carbocycles. The molecule has 2 aromatic rings. The number of hydrogen-bond donors (Lipinski definition) is 1. The van der Waals surface area contributed by atoms with E-state index in [-0.39, 0.29) is 23.6 Å². The standard InChI is InChI=1S/C23H28Cl2N2O2S/c1-15(2)26-23(29)17(4)27(12-18-7-5-6-16(3)10-18)22(28)14-30-13-19-8-9-20(24)11-21(19)25/h5-11,15,17H,12-14H2,1-4H3,(H,26,29)/t17-/m0/s1. The minimum atomic E-state index is -0.569. The van der Waals surface area contributed by atoms with Crippen LogP contribution in [-0.2, 0) is 21.9 Å². The van der Waals surface area contributed by atoms with Crippen molar-refractivity contribution in [1.29, 1.82) is 0 Å². The van der Waals surface area contributed by atoms with Gasteiger partial charge >= 0.3 is 0 Å². The Hall–Kier alpha value is -1.69. The minimum absolute atomic E-state index is 0.0114. The van der Waals surface area contributed by atoms with Crippen LogP contribution in [0.2, 0.25) is 10.0 Å². The fourth-order valence-corrected chi connectivity index (χ4v) is 4.43. The highest BCUT2D eigenvalue weighted by atomic mass is 35.5. The Bertz CT molecular complexity index is 889. The molecule has 0 unspecified atom stereocenters. The number of rotatable bonds is 9. The van der Waals surface area contributed by atoms with E-state index in [0.717, 1.165) is 16.7 Å². The van der Waals surface area contributed by atoms with Crippen molar-refractivity contribution in [2.45, 2.75) is 52.1 Å². The van der Waals surface area contributed by atoms with E-state index in [4.69, 9.17) is 23.2 Å². The number of aryl methyl sites for hydroxylation is 1. The fourth-order valence-electron chi connectivity index (χ4n) is 2.96. The third-order valence-corrected chi connectivity index (χ3v) is 6.08. The number of thioether (sulfide) groups is 1. The third-order valence-electron chi connectivity index (χ3n) is 4.53. The Labute approximate surface area is 193 Å². The average Bonchev–Trinajstić information content (AvgIpc) is 2.66. The first-order valence-corrected chi connectivity index (χ1v) is 11.8. The molecule has 1 atom stereocenters. The van der Waals surface area contributed by atoms with Crippen molar-refractivity contribution in [3.63, 3.8) is 0 Å². The lowest BCUT2D eigenvalue weighted by molar-refractivity contribution is -0.138. The predicted octanol–water partition coefficient (Wildman–Crippen LogP) is 5.48. The van der Waals surface area contributed by atoms with Crippen molar-refractivity contribution in [1.82, 2.24) is 10.2 Å². The van der Waals surface area contributed by atoms with Crippen LogP contribution in [0.3, 0.4) is 0 Å². The molecule has 30 heavy (non-hydrogen) atoms. The van der Waals surface area contributed by atoms with E-state index in [1.807, 2.05) is 51.1 Å². The normalized spacial score (nSPS) is 12.0. The van der Waals surface area contributed by atoms with Crippen LogP contribution in [-0.4, -0.2) is 34.6 Å². The minimum Gasteiger partial charge on any atom is -0.352 e. The van der Waals surface area contributed by atoms with E-state index >= 15 is 0 Å². The molecule has 2 amide bonds. The average molecular weight is 467 g/mol. The molecule has 0 saturated heterocycles. The number of amides is 2. The van der Waals surface area contributed by atoms with Gasteiger partial charge in [0.25, 0.3) is 0 Å². The molecule has 1 N–H and O–H groups in total. The number of carbonyl (C=O) groups is 2. The highest BCUT2D eigenvalue weighted by Gasteiger charge is 2.26. The zero-order valence-electron chi connectivity index (χ0n) is 17.7. The van der Waals surface area contributed by atoms with Crippen molar-refractivity contribution in [3.05, 3.63) is 69.2 Å². The van der Waals surface area contributed by atoms with Gasteiger partial charge in [0.1, 0.15) is 6.04 Å². The van der Waals surface area contributed by atoms with Crippen LogP contribution < -0.4 is 5.32 Å². The van der Waals surface area contributed by atoms with E-state index in [1.165, 1.54) is 11.8 Å². The fraction of sp³-hybridized carbons (Fsp3) is 0.391. The summed E-state index contributed by atoms with van der Waals surface area (Å²) >= 11 is 13.6. The molecular formula is C23H28Cl2N2O2S. The van der Waals surface area contributed by atoms with Gasteiger partial charge in [-0.15, -0.1) is 11.8 Å². The number of nitrogens with one attached hydrogen (secondary N) is 1. The summed E-state index contributed by atoms with van der Waals surface area (Å²) in [7, 11) is 0. The molecule has 0 radical (unpaired) electrons. The molecule has 2 rings (SSSR count). The maximum atomic E-state index is 13.1. The smallest absolute Gasteiger partial charge is 0.242 e. The number of halogens is 2. The Morgan fingerprint density at radius 3 is 2.47 bits per heavy atom. The van der Waals surface area contributed by atoms with Gasteiger partial charge in [0.05, 0.1) is 5.75 Å². The second kappa shape index (κ2) is 11.6. The first kappa shape index (κ1) is 24.6. The lowest BCUT2D eigenvalue weighted by atomic mass is 10.1.